The predicted octanol–water partition coefficient (Wildman–Crippen LogP) is 5.70. The molecule has 1 amide bonds. The zero-order chi connectivity index (χ0) is 26.3. The molecule has 1 aromatic heterocycles. The Bertz CT molecular complexity index is 1110. The number of amides is 1. The molecule has 36 heavy (non-hydrogen) atoms. The van der Waals surface area contributed by atoms with Crippen LogP contribution in [0.25, 0.3) is 10.9 Å². The molecule has 4 rings (SSSR count). The number of aromatic nitrogens is 1. The second-order valence-corrected chi connectivity index (χ2v) is 17.0. The first-order valence-electron chi connectivity index (χ1n) is 13.1. The number of hydrogen-bond acceptors (Lipinski definition) is 6. The van der Waals surface area contributed by atoms with Crippen LogP contribution in [0, 0.1) is 0 Å². The highest BCUT2D eigenvalue weighted by Crippen LogP contribution is 2.47. The normalized spacial score (nSPS) is 22.8. The van der Waals surface area contributed by atoms with Gasteiger partial charge in [0, 0.05) is 36.2 Å². The van der Waals surface area contributed by atoms with E-state index >= 15 is 0 Å². The fourth-order valence-corrected chi connectivity index (χ4v) is 6.43. The molecule has 2 aliphatic heterocycles. The summed E-state index contributed by atoms with van der Waals surface area (Å²) in [7, 11) is -1.83. The molecule has 3 heterocycles. The van der Waals surface area contributed by atoms with Gasteiger partial charge in [-0.3, -0.25) is 9.78 Å². The highest BCUT2D eigenvalue weighted by atomic mass is 35.5. The minimum atomic E-state index is -1.83. The van der Waals surface area contributed by atoms with E-state index in [1.807, 2.05) is 24.4 Å². The van der Waals surface area contributed by atoms with Gasteiger partial charge in [-0.1, -0.05) is 32.4 Å². The summed E-state index contributed by atoms with van der Waals surface area (Å²) in [5.74, 6) is -0.310. The molecule has 2 N–H and O–H groups in total. The second kappa shape index (κ2) is 10.5. The monoisotopic (exact) mass is 532 g/mol. The first kappa shape index (κ1) is 27.2. The van der Waals surface area contributed by atoms with Gasteiger partial charge in [-0.25, -0.2) is 0 Å². The molecule has 2 aromatic rings. The van der Waals surface area contributed by atoms with E-state index < -0.39 is 8.32 Å². The van der Waals surface area contributed by atoms with Crippen LogP contribution < -0.4 is 15.5 Å². The number of halogens is 1. The molecule has 3 atom stereocenters. The SMILES string of the molecule is C[C@@H]1C[C@H](N2c3c(cnc4ccc(Cl)cc34)N(CCCO[Si](C)(C)C(C)(C)C)C2CC(N)=O)CCO1. The summed E-state index contributed by atoms with van der Waals surface area (Å²) in [4.78, 5) is 21.8. The lowest BCUT2D eigenvalue weighted by atomic mass is 10.00. The van der Waals surface area contributed by atoms with Crippen molar-refractivity contribution < 1.29 is 14.0 Å². The van der Waals surface area contributed by atoms with E-state index in [1.54, 1.807) is 0 Å². The van der Waals surface area contributed by atoms with Gasteiger partial charge < -0.3 is 24.7 Å². The number of hydrogen-bond donors (Lipinski definition) is 1. The van der Waals surface area contributed by atoms with E-state index in [2.05, 4.69) is 50.6 Å². The molecule has 0 aliphatic carbocycles. The fraction of sp³-hybridized carbons (Fsp3) is 0.630. The van der Waals surface area contributed by atoms with Crippen LogP contribution >= 0.6 is 11.6 Å². The maximum atomic E-state index is 12.3. The zero-order valence-corrected chi connectivity index (χ0v) is 24.3. The van der Waals surface area contributed by atoms with Gasteiger partial charge in [-0.2, -0.15) is 0 Å². The number of nitrogens with zero attached hydrogens (tertiary/aromatic N) is 3. The average molecular weight is 533 g/mol. The minimum Gasteiger partial charge on any atom is -0.417 e. The number of rotatable bonds is 8. The van der Waals surface area contributed by atoms with Crippen molar-refractivity contribution in [3.63, 3.8) is 0 Å². The molecule has 2 aliphatic rings. The fourth-order valence-electron chi connectivity index (χ4n) is 5.17. The third-order valence-electron chi connectivity index (χ3n) is 8.08. The molecule has 1 fully saturated rings. The van der Waals surface area contributed by atoms with Gasteiger partial charge in [-0.15, -0.1) is 0 Å². The predicted molar refractivity (Wildman–Crippen MR) is 150 cm³/mol. The van der Waals surface area contributed by atoms with Gasteiger partial charge in [0.05, 0.1) is 35.6 Å². The molecule has 0 bridgehead atoms. The number of primary amides is 1. The van der Waals surface area contributed by atoms with Crippen LogP contribution in [0.5, 0.6) is 0 Å². The van der Waals surface area contributed by atoms with Crippen LogP contribution in [-0.2, 0) is 14.0 Å². The van der Waals surface area contributed by atoms with Crippen molar-refractivity contribution in [1.82, 2.24) is 4.98 Å². The molecular weight excluding hydrogens is 492 g/mol. The van der Waals surface area contributed by atoms with Crippen LogP contribution in [-0.4, -0.2) is 57.3 Å². The highest BCUT2D eigenvalue weighted by Gasteiger charge is 2.43. The summed E-state index contributed by atoms with van der Waals surface area (Å²) in [5, 5.41) is 1.85. The molecule has 198 valence electrons. The van der Waals surface area contributed by atoms with Crippen molar-refractivity contribution in [3.05, 3.63) is 29.4 Å². The van der Waals surface area contributed by atoms with Crippen LogP contribution in [0.2, 0.25) is 23.2 Å². The number of ether oxygens (including phenoxy) is 1. The average Bonchev–Trinajstić information content (AvgIpc) is 3.08. The second-order valence-electron chi connectivity index (χ2n) is 11.7. The first-order chi connectivity index (χ1) is 16.9. The first-order valence-corrected chi connectivity index (χ1v) is 16.3. The van der Waals surface area contributed by atoms with Gasteiger partial charge in [-0.05, 0) is 62.5 Å². The lowest BCUT2D eigenvalue weighted by Gasteiger charge is -2.41. The molecule has 1 saturated heterocycles. The number of pyridine rings is 1. The number of anilines is 2. The summed E-state index contributed by atoms with van der Waals surface area (Å²) in [6, 6.07) is 6.05. The maximum Gasteiger partial charge on any atom is 0.221 e. The van der Waals surface area contributed by atoms with Crippen molar-refractivity contribution in [1.29, 1.82) is 0 Å². The van der Waals surface area contributed by atoms with E-state index in [4.69, 9.17) is 31.5 Å². The Morgan fingerprint density at radius 1 is 1.33 bits per heavy atom. The van der Waals surface area contributed by atoms with Gasteiger partial charge >= 0.3 is 0 Å². The van der Waals surface area contributed by atoms with Gasteiger partial charge in [0.1, 0.15) is 6.17 Å². The summed E-state index contributed by atoms with van der Waals surface area (Å²) in [6.45, 7) is 15.6. The molecule has 1 aromatic carbocycles. The Morgan fingerprint density at radius 2 is 2.08 bits per heavy atom. The van der Waals surface area contributed by atoms with Crippen molar-refractivity contribution in [2.75, 3.05) is 29.6 Å². The third kappa shape index (κ3) is 5.52. The number of carbonyl (C=O) groups excluding carboxylic acids is 1. The summed E-state index contributed by atoms with van der Waals surface area (Å²) in [6.07, 6.45) is 4.81. The topological polar surface area (TPSA) is 80.9 Å². The van der Waals surface area contributed by atoms with Crippen molar-refractivity contribution in [2.24, 2.45) is 5.73 Å². The molecule has 0 spiro atoms. The summed E-state index contributed by atoms with van der Waals surface area (Å²) < 4.78 is 12.3. The zero-order valence-electron chi connectivity index (χ0n) is 22.5. The van der Waals surface area contributed by atoms with Crippen LogP contribution in [0.15, 0.2) is 24.4 Å². The Balaban J connectivity index is 1.69. The Morgan fingerprint density at radius 3 is 2.75 bits per heavy atom. The van der Waals surface area contributed by atoms with Crippen molar-refractivity contribution in [3.8, 4) is 0 Å². The Hall–Kier alpha value is -1.87. The maximum absolute atomic E-state index is 12.3. The quantitative estimate of drug-likeness (QED) is 0.347. The third-order valence-corrected chi connectivity index (χ3v) is 12.9. The number of carbonyl (C=O) groups is 1. The van der Waals surface area contributed by atoms with E-state index in [-0.39, 0.29) is 35.7 Å². The van der Waals surface area contributed by atoms with Gasteiger partial charge in [0.15, 0.2) is 8.32 Å². The van der Waals surface area contributed by atoms with Crippen LogP contribution in [0.3, 0.4) is 0 Å². The molecule has 9 heteroatoms. The summed E-state index contributed by atoms with van der Waals surface area (Å²) >= 11 is 6.45. The largest absolute Gasteiger partial charge is 0.417 e. The Kier molecular flexibility index (Phi) is 7.91. The number of nitrogens with two attached hydrogens (primary N) is 1. The van der Waals surface area contributed by atoms with Gasteiger partial charge in [0.2, 0.25) is 5.91 Å². The molecular formula is C27H41ClN4O3Si. The standard InChI is InChI=1S/C27H41ClN4O3Si/c1-18-14-20(10-13-34-18)32-25(16-24(29)33)31(11-7-12-35-36(5,6)27(2,3)4)23-17-30-22-9-8-19(28)15-21(22)26(23)32/h8-9,15,17-18,20,25H,7,10-14,16H2,1-6H3,(H2,29,33)/t18-,20-,25?/m1/s1. The van der Waals surface area contributed by atoms with Crippen LogP contribution in [0.1, 0.15) is 53.4 Å². The lowest BCUT2D eigenvalue weighted by molar-refractivity contribution is -0.118. The van der Waals surface area contributed by atoms with Gasteiger partial charge in [0.25, 0.3) is 0 Å². The van der Waals surface area contributed by atoms with Crippen molar-refractivity contribution >= 4 is 48.1 Å². The van der Waals surface area contributed by atoms with E-state index in [1.165, 1.54) is 0 Å². The van der Waals surface area contributed by atoms with Crippen molar-refractivity contribution in [2.45, 2.75) is 89.8 Å². The minimum absolute atomic E-state index is 0.158. The van der Waals surface area contributed by atoms with E-state index in [0.29, 0.717) is 18.2 Å². The van der Waals surface area contributed by atoms with E-state index in [9.17, 15) is 4.79 Å². The highest BCUT2D eigenvalue weighted by molar-refractivity contribution is 6.74. The molecule has 0 radical (unpaired) electrons. The molecule has 7 nitrogen and oxygen atoms in total. The molecule has 1 unspecified atom stereocenters. The number of benzene rings is 1. The van der Waals surface area contributed by atoms with E-state index in [0.717, 1.165) is 48.1 Å². The Labute approximate surface area is 221 Å². The smallest absolute Gasteiger partial charge is 0.221 e. The summed E-state index contributed by atoms with van der Waals surface area (Å²) in [5.41, 5.74) is 8.83. The molecule has 0 saturated carbocycles. The number of fused-ring (bicyclic) bond motifs is 3. The van der Waals surface area contributed by atoms with Crippen LogP contribution in [0.4, 0.5) is 11.4 Å². The lowest BCUT2D eigenvalue weighted by Crippen LogP contribution is -2.52.